The van der Waals surface area contributed by atoms with E-state index in [1.807, 2.05) is 5.38 Å². The normalized spacial score (nSPS) is 10.5. The lowest BCUT2D eigenvalue weighted by atomic mass is 10.5. The molecule has 0 spiro atoms. The molecule has 2 heterocycles. The van der Waals surface area contributed by atoms with Crippen molar-refractivity contribution in [3.05, 3.63) is 23.5 Å². The highest BCUT2D eigenvalue weighted by molar-refractivity contribution is 7.15. The number of fused-ring (bicyclic) bond motifs is 1. The van der Waals surface area contributed by atoms with Gasteiger partial charge in [0.25, 0.3) is 0 Å². The van der Waals surface area contributed by atoms with Crippen molar-refractivity contribution in [1.29, 1.82) is 0 Å². The highest BCUT2D eigenvalue weighted by Gasteiger charge is 2.07. The van der Waals surface area contributed by atoms with E-state index in [4.69, 9.17) is 5.11 Å². The zero-order valence-electron chi connectivity index (χ0n) is 5.39. The number of imidazole rings is 1. The standard InChI is InChI=1S/C6H4N2O2S/c9-5(10)4-3-8-1-2-11-6(8)7-4/h1-3H,(H,9,10). The van der Waals surface area contributed by atoms with Crippen LogP contribution in [-0.2, 0) is 0 Å². The Labute approximate surface area is 65.7 Å². The van der Waals surface area contributed by atoms with E-state index in [9.17, 15) is 4.79 Å². The predicted molar refractivity (Wildman–Crippen MR) is 40.0 cm³/mol. The molecule has 0 aromatic carbocycles. The fourth-order valence-electron chi connectivity index (χ4n) is 0.831. The predicted octanol–water partition coefficient (Wildman–Crippen LogP) is 1.09. The van der Waals surface area contributed by atoms with Crippen molar-refractivity contribution in [2.45, 2.75) is 0 Å². The van der Waals surface area contributed by atoms with Crippen molar-refractivity contribution in [3.63, 3.8) is 0 Å². The maximum absolute atomic E-state index is 10.4. The molecule has 2 aromatic rings. The third-order valence-corrected chi connectivity index (χ3v) is 2.08. The van der Waals surface area contributed by atoms with Crippen LogP contribution in [0, 0.1) is 0 Å². The number of rotatable bonds is 1. The number of carboxylic acids is 1. The molecule has 1 N–H and O–H groups in total. The van der Waals surface area contributed by atoms with Crippen molar-refractivity contribution < 1.29 is 9.90 Å². The zero-order chi connectivity index (χ0) is 7.84. The molecule has 0 atom stereocenters. The molecule has 2 aromatic heterocycles. The first-order valence-electron chi connectivity index (χ1n) is 2.93. The van der Waals surface area contributed by atoms with Crippen LogP contribution in [0.5, 0.6) is 0 Å². The largest absolute Gasteiger partial charge is 0.476 e. The summed E-state index contributed by atoms with van der Waals surface area (Å²) in [6.07, 6.45) is 3.27. The highest BCUT2D eigenvalue weighted by atomic mass is 32.1. The molecule has 0 aliphatic rings. The van der Waals surface area contributed by atoms with Crippen LogP contribution in [0.25, 0.3) is 4.96 Å². The minimum absolute atomic E-state index is 0.0943. The van der Waals surface area contributed by atoms with Gasteiger partial charge >= 0.3 is 5.97 Å². The minimum Gasteiger partial charge on any atom is -0.476 e. The molecule has 0 unspecified atom stereocenters. The van der Waals surface area contributed by atoms with Gasteiger partial charge in [-0.1, -0.05) is 0 Å². The van der Waals surface area contributed by atoms with Gasteiger partial charge in [-0.05, 0) is 0 Å². The maximum atomic E-state index is 10.4. The van der Waals surface area contributed by atoms with Crippen LogP contribution in [0.3, 0.4) is 0 Å². The van der Waals surface area contributed by atoms with Crippen LogP contribution >= 0.6 is 11.3 Å². The molecule has 0 amide bonds. The lowest BCUT2D eigenvalue weighted by molar-refractivity contribution is 0.0691. The molecule has 2 rings (SSSR count). The van der Waals surface area contributed by atoms with Crippen molar-refractivity contribution in [2.75, 3.05) is 0 Å². The Kier molecular flexibility index (Phi) is 1.19. The monoisotopic (exact) mass is 168 g/mol. The summed E-state index contributed by atoms with van der Waals surface area (Å²) in [5.74, 6) is -0.985. The topological polar surface area (TPSA) is 54.6 Å². The Morgan fingerprint density at radius 3 is 3.18 bits per heavy atom. The van der Waals surface area contributed by atoms with E-state index in [2.05, 4.69) is 4.98 Å². The second kappa shape index (κ2) is 2.06. The van der Waals surface area contributed by atoms with Crippen molar-refractivity contribution >= 4 is 22.3 Å². The average molecular weight is 168 g/mol. The molecule has 56 valence electrons. The van der Waals surface area contributed by atoms with Crippen LogP contribution in [0.2, 0.25) is 0 Å². The molecule has 0 aliphatic carbocycles. The number of carboxylic acid groups (broad SMARTS) is 1. The number of hydrogen-bond donors (Lipinski definition) is 1. The molecule has 0 saturated carbocycles. The van der Waals surface area contributed by atoms with E-state index in [0.717, 1.165) is 0 Å². The molecule has 11 heavy (non-hydrogen) atoms. The Hall–Kier alpha value is -1.36. The molecular weight excluding hydrogens is 164 g/mol. The molecule has 0 radical (unpaired) electrons. The van der Waals surface area contributed by atoms with Crippen LogP contribution in [-0.4, -0.2) is 20.5 Å². The molecule has 0 fully saturated rings. The van der Waals surface area contributed by atoms with Gasteiger partial charge in [0, 0.05) is 17.8 Å². The van der Waals surface area contributed by atoms with Gasteiger partial charge in [0.1, 0.15) is 0 Å². The number of aromatic carboxylic acids is 1. The van der Waals surface area contributed by atoms with E-state index >= 15 is 0 Å². The van der Waals surface area contributed by atoms with Gasteiger partial charge in [0.05, 0.1) is 0 Å². The zero-order valence-corrected chi connectivity index (χ0v) is 6.21. The van der Waals surface area contributed by atoms with Gasteiger partial charge in [-0.3, -0.25) is 4.40 Å². The van der Waals surface area contributed by atoms with Crippen LogP contribution in [0.1, 0.15) is 10.5 Å². The van der Waals surface area contributed by atoms with Crippen LogP contribution in [0.4, 0.5) is 0 Å². The molecule has 4 nitrogen and oxygen atoms in total. The SMILES string of the molecule is O=C(O)c1cn2ccsc2n1. The van der Waals surface area contributed by atoms with E-state index in [0.29, 0.717) is 4.96 Å². The first kappa shape index (κ1) is 6.36. The number of thiazole rings is 1. The van der Waals surface area contributed by atoms with Crippen molar-refractivity contribution in [1.82, 2.24) is 9.38 Å². The Bertz CT molecular complexity index is 375. The van der Waals surface area contributed by atoms with Gasteiger partial charge in [0.15, 0.2) is 10.7 Å². The van der Waals surface area contributed by atoms with Gasteiger partial charge in [-0.2, -0.15) is 0 Å². The summed E-state index contributed by atoms with van der Waals surface area (Å²) in [5.41, 5.74) is 0.0943. The summed E-state index contributed by atoms with van der Waals surface area (Å²) in [7, 11) is 0. The number of aromatic nitrogens is 2. The quantitative estimate of drug-likeness (QED) is 0.693. The van der Waals surface area contributed by atoms with Crippen LogP contribution < -0.4 is 0 Å². The summed E-state index contributed by atoms with van der Waals surface area (Å²) in [5, 5.41) is 10.4. The summed E-state index contributed by atoms with van der Waals surface area (Å²) in [6.45, 7) is 0. The molecule has 0 aliphatic heterocycles. The molecular formula is C6H4N2O2S. The Balaban J connectivity index is 2.67. The smallest absolute Gasteiger partial charge is 0.356 e. The Morgan fingerprint density at radius 1 is 1.73 bits per heavy atom. The van der Waals surface area contributed by atoms with Crippen LogP contribution in [0.15, 0.2) is 17.8 Å². The van der Waals surface area contributed by atoms with Gasteiger partial charge < -0.3 is 5.11 Å². The van der Waals surface area contributed by atoms with E-state index < -0.39 is 5.97 Å². The highest BCUT2D eigenvalue weighted by Crippen LogP contribution is 2.10. The first-order chi connectivity index (χ1) is 5.27. The molecule has 0 saturated heterocycles. The second-order valence-corrected chi connectivity index (χ2v) is 2.90. The summed E-state index contributed by atoms with van der Waals surface area (Å²) in [4.78, 5) is 15.0. The number of hydrogen-bond acceptors (Lipinski definition) is 3. The lowest BCUT2D eigenvalue weighted by Gasteiger charge is -1.78. The fourth-order valence-corrected chi connectivity index (χ4v) is 1.53. The molecule has 5 heteroatoms. The third kappa shape index (κ3) is 0.894. The second-order valence-electron chi connectivity index (χ2n) is 2.02. The summed E-state index contributed by atoms with van der Waals surface area (Å²) < 4.78 is 1.69. The van der Waals surface area contributed by atoms with Crippen molar-refractivity contribution in [2.24, 2.45) is 0 Å². The van der Waals surface area contributed by atoms with Crippen molar-refractivity contribution in [3.8, 4) is 0 Å². The van der Waals surface area contributed by atoms with E-state index in [-0.39, 0.29) is 5.69 Å². The van der Waals surface area contributed by atoms with E-state index in [1.165, 1.54) is 17.5 Å². The van der Waals surface area contributed by atoms with E-state index in [1.54, 1.807) is 10.6 Å². The Morgan fingerprint density at radius 2 is 2.55 bits per heavy atom. The maximum Gasteiger partial charge on any atom is 0.356 e. The van der Waals surface area contributed by atoms with Gasteiger partial charge in [-0.15, -0.1) is 11.3 Å². The lowest BCUT2D eigenvalue weighted by Crippen LogP contribution is -1.94. The summed E-state index contributed by atoms with van der Waals surface area (Å²) >= 11 is 1.41. The van der Waals surface area contributed by atoms with Gasteiger partial charge in [-0.25, -0.2) is 9.78 Å². The molecule has 0 bridgehead atoms. The minimum atomic E-state index is -0.985. The van der Waals surface area contributed by atoms with Gasteiger partial charge in [0.2, 0.25) is 0 Å². The number of nitrogens with zero attached hydrogens (tertiary/aromatic N) is 2. The first-order valence-corrected chi connectivity index (χ1v) is 3.81. The third-order valence-electron chi connectivity index (χ3n) is 1.31. The number of carbonyl (C=O) groups is 1. The average Bonchev–Trinajstić information content (AvgIpc) is 2.40. The fraction of sp³-hybridized carbons (Fsp3) is 0. The summed E-state index contributed by atoms with van der Waals surface area (Å²) in [6, 6.07) is 0.